The minimum absolute atomic E-state index is 0.124. The first-order valence-corrected chi connectivity index (χ1v) is 12.9. The number of hydrogen-bond acceptors (Lipinski definition) is 3. The van der Waals surface area contributed by atoms with Crippen LogP contribution in [0.4, 0.5) is 0 Å². The van der Waals surface area contributed by atoms with Crippen molar-refractivity contribution in [3.05, 3.63) is 141 Å². The summed E-state index contributed by atoms with van der Waals surface area (Å²) >= 11 is 6.40. The normalized spacial score (nSPS) is 15.0. The highest BCUT2D eigenvalue weighted by Gasteiger charge is 2.35. The SMILES string of the molecule is O=C(Cc1ccccc1)N1N=C(c2c(-c3ccccc3)c3cc(Cl)ccc3[nH]c2=O)C[C@@H]1c1ccccc1. The van der Waals surface area contributed by atoms with Gasteiger partial charge in [-0.15, -0.1) is 0 Å². The van der Waals surface area contributed by atoms with Gasteiger partial charge in [0.05, 0.1) is 23.7 Å². The number of nitrogens with zero attached hydrogens (tertiary/aromatic N) is 2. The van der Waals surface area contributed by atoms with E-state index in [1.165, 1.54) is 0 Å². The Morgan fingerprint density at radius 2 is 1.53 bits per heavy atom. The highest BCUT2D eigenvalue weighted by Crippen LogP contribution is 2.37. The maximum atomic E-state index is 13.6. The second-order valence-electron chi connectivity index (χ2n) is 9.34. The third-order valence-electron chi connectivity index (χ3n) is 6.88. The van der Waals surface area contributed by atoms with Gasteiger partial charge < -0.3 is 4.98 Å². The lowest BCUT2D eigenvalue weighted by Gasteiger charge is -2.22. The van der Waals surface area contributed by atoms with E-state index >= 15 is 0 Å². The van der Waals surface area contributed by atoms with Crippen LogP contribution in [0.15, 0.2) is 119 Å². The maximum Gasteiger partial charge on any atom is 0.258 e. The molecule has 2 heterocycles. The quantitative estimate of drug-likeness (QED) is 0.279. The maximum absolute atomic E-state index is 13.6. The molecule has 0 aliphatic carbocycles. The molecule has 0 bridgehead atoms. The van der Waals surface area contributed by atoms with Crippen molar-refractivity contribution in [2.45, 2.75) is 18.9 Å². The van der Waals surface area contributed by atoms with E-state index < -0.39 is 0 Å². The highest BCUT2D eigenvalue weighted by atomic mass is 35.5. The summed E-state index contributed by atoms with van der Waals surface area (Å²) < 4.78 is 0. The predicted octanol–water partition coefficient (Wildman–Crippen LogP) is 6.77. The Morgan fingerprint density at radius 3 is 2.24 bits per heavy atom. The molecule has 5 aromatic rings. The van der Waals surface area contributed by atoms with Crippen molar-refractivity contribution in [3.63, 3.8) is 0 Å². The van der Waals surface area contributed by atoms with Crippen LogP contribution in [0.3, 0.4) is 0 Å². The number of benzene rings is 4. The van der Waals surface area contributed by atoms with Crippen LogP contribution < -0.4 is 5.56 Å². The second-order valence-corrected chi connectivity index (χ2v) is 9.77. The van der Waals surface area contributed by atoms with E-state index in [-0.39, 0.29) is 23.9 Å². The molecule has 0 saturated carbocycles. The summed E-state index contributed by atoms with van der Waals surface area (Å²) in [4.78, 5) is 30.2. The molecular formula is C32H24ClN3O2. The van der Waals surface area contributed by atoms with Crippen LogP contribution in [0, 0.1) is 0 Å². The van der Waals surface area contributed by atoms with Gasteiger partial charge in [-0.05, 0) is 34.9 Å². The number of pyridine rings is 1. The van der Waals surface area contributed by atoms with Gasteiger partial charge in [0.1, 0.15) is 0 Å². The number of hydrogen-bond donors (Lipinski definition) is 1. The van der Waals surface area contributed by atoms with Gasteiger partial charge >= 0.3 is 0 Å². The Balaban J connectivity index is 1.52. The Labute approximate surface area is 225 Å². The molecule has 186 valence electrons. The predicted molar refractivity (Wildman–Crippen MR) is 152 cm³/mol. The van der Waals surface area contributed by atoms with Crippen LogP contribution in [0.5, 0.6) is 0 Å². The number of fused-ring (bicyclic) bond motifs is 1. The minimum Gasteiger partial charge on any atom is -0.321 e. The average Bonchev–Trinajstić information content (AvgIpc) is 3.39. The van der Waals surface area contributed by atoms with Crippen LogP contribution in [0.25, 0.3) is 22.0 Å². The third-order valence-corrected chi connectivity index (χ3v) is 7.11. The van der Waals surface area contributed by atoms with Gasteiger partial charge in [0.15, 0.2) is 0 Å². The second kappa shape index (κ2) is 10.1. The van der Waals surface area contributed by atoms with Crippen LogP contribution >= 0.6 is 11.6 Å². The molecule has 1 N–H and O–H groups in total. The number of carbonyl (C=O) groups excluding carboxylic acids is 1. The highest BCUT2D eigenvalue weighted by molar-refractivity contribution is 6.31. The van der Waals surface area contributed by atoms with Gasteiger partial charge in [-0.2, -0.15) is 5.10 Å². The van der Waals surface area contributed by atoms with E-state index in [2.05, 4.69) is 4.98 Å². The standard InChI is InChI=1S/C32H24ClN3O2/c33-24-16-17-26-25(19-24)30(23-14-8-3-9-15-23)31(32(38)34-26)27-20-28(22-12-6-2-7-13-22)36(35-27)29(37)18-21-10-4-1-5-11-21/h1-17,19,28H,18,20H2,(H,34,38)/t28-/m1/s1. The first-order valence-electron chi connectivity index (χ1n) is 12.5. The third kappa shape index (κ3) is 4.53. The van der Waals surface area contributed by atoms with Crippen LogP contribution in [-0.4, -0.2) is 21.6 Å². The number of hydrazone groups is 1. The molecule has 4 aromatic carbocycles. The molecule has 5 nitrogen and oxygen atoms in total. The molecular weight excluding hydrogens is 494 g/mol. The largest absolute Gasteiger partial charge is 0.321 e. The Morgan fingerprint density at radius 1 is 0.868 bits per heavy atom. The van der Waals surface area contributed by atoms with E-state index in [9.17, 15) is 9.59 Å². The van der Waals surface area contributed by atoms with Gasteiger partial charge in [-0.3, -0.25) is 9.59 Å². The number of halogens is 1. The van der Waals surface area contributed by atoms with Crippen molar-refractivity contribution in [2.24, 2.45) is 5.10 Å². The number of nitrogens with one attached hydrogen (secondary N) is 1. The number of H-pyrrole nitrogens is 1. The number of rotatable bonds is 5. The van der Waals surface area contributed by atoms with E-state index in [1.807, 2.05) is 103 Å². The summed E-state index contributed by atoms with van der Waals surface area (Å²) in [5.74, 6) is -0.124. The Hall–Kier alpha value is -4.48. The smallest absolute Gasteiger partial charge is 0.258 e. The molecule has 6 heteroatoms. The van der Waals surface area contributed by atoms with Crippen LogP contribution in [-0.2, 0) is 11.2 Å². The minimum atomic E-state index is -0.319. The Bertz CT molecular complexity index is 1710. The molecule has 0 saturated heterocycles. The van der Waals surface area contributed by atoms with Crippen LogP contribution in [0.2, 0.25) is 5.02 Å². The summed E-state index contributed by atoms with van der Waals surface area (Å²) in [7, 11) is 0. The lowest BCUT2D eigenvalue weighted by Crippen LogP contribution is -2.28. The van der Waals surface area contributed by atoms with Gasteiger partial charge in [-0.1, -0.05) is 103 Å². The Kier molecular flexibility index (Phi) is 6.36. The molecule has 1 atom stereocenters. The zero-order valence-corrected chi connectivity index (χ0v) is 21.2. The first kappa shape index (κ1) is 23.9. The van der Waals surface area contributed by atoms with E-state index in [4.69, 9.17) is 16.7 Å². The topological polar surface area (TPSA) is 65.5 Å². The van der Waals surface area contributed by atoms with Crippen molar-refractivity contribution in [1.82, 2.24) is 9.99 Å². The summed E-state index contributed by atoms with van der Waals surface area (Å²) in [6.07, 6.45) is 0.635. The van der Waals surface area contributed by atoms with Gasteiger partial charge in [0.2, 0.25) is 5.91 Å². The van der Waals surface area contributed by atoms with Crippen LogP contribution in [0.1, 0.15) is 29.2 Å². The lowest BCUT2D eigenvalue weighted by atomic mass is 9.91. The molecule has 1 aliphatic heterocycles. The van der Waals surface area contributed by atoms with Gasteiger partial charge in [-0.25, -0.2) is 5.01 Å². The van der Waals surface area contributed by atoms with Crippen molar-refractivity contribution in [3.8, 4) is 11.1 Å². The van der Waals surface area contributed by atoms with Gasteiger partial charge in [0.25, 0.3) is 5.56 Å². The first-order chi connectivity index (χ1) is 18.6. The van der Waals surface area contributed by atoms with Gasteiger partial charge in [0, 0.05) is 27.9 Å². The van der Waals surface area contributed by atoms with Crippen molar-refractivity contribution < 1.29 is 4.79 Å². The number of aromatic amines is 1. The van der Waals surface area contributed by atoms with E-state index in [1.54, 1.807) is 11.1 Å². The summed E-state index contributed by atoms with van der Waals surface area (Å²) in [6.45, 7) is 0. The molecule has 6 rings (SSSR count). The fourth-order valence-electron chi connectivity index (χ4n) is 5.12. The number of carbonyl (C=O) groups is 1. The molecule has 0 fully saturated rings. The summed E-state index contributed by atoms with van der Waals surface area (Å²) in [5, 5.41) is 7.78. The fraction of sp³-hybridized carbons (Fsp3) is 0.0938. The lowest BCUT2D eigenvalue weighted by molar-refractivity contribution is -0.132. The monoisotopic (exact) mass is 517 g/mol. The zero-order valence-electron chi connectivity index (χ0n) is 20.5. The van der Waals surface area contributed by atoms with E-state index in [0.29, 0.717) is 28.2 Å². The van der Waals surface area contributed by atoms with Crippen molar-refractivity contribution >= 4 is 34.1 Å². The molecule has 1 amide bonds. The molecule has 1 aromatic heterocycles. The van der Waals surface area contributed by atoms with Crippen molar-refractivity contribution in [1.29, 1.82) is 0 Å². The van der Waals surface area contributed by atoms with Crippen molar-refractivity contribution in [2.75, 3.05) is 0 Å². The summed E-state index contributed by atoms with van der Waals surface area (Å²) in [6, 6.07) is 34.3. The molecule has 0 unspecified atom stereocenters. The molecule has 0 spiro atoms. The number of aromatic nitrogens is 1. The van der Waals surface area contributed by atoms with E-state index in [0.717, 1.165) is 27.6 Å². The summed E-state index contributed by atoms with van der Waals surface area (Å²) in [5.41, 5.74) is 5.00. The molecule has 38 heavy (non-hydrogen) atoms. The molecule has 1 aliphatic rings. The molecule has 0 radical (unpaired) electrons. The average molecular weight is 518 g/mol. The fourth-order valence-corrected chi connectivity index (χ4v) is 5.29. The zero-order chi connectivity index (χ0) is 26.1. The number of amides is 1.